The fraction of sp³-hybridized carbons (Fsp3) is 0.190. The molecule has 0 saturated carbocycles. The van der Waals surface area contributed by atoms with Crippen molar-refractivity contribution in [2.24, 2.45) is 0 Å². The van der Waals surface area contributed by atoms with Gasteiger partial charge in [-0.1, -0.05) is 18.2 Å². The number of carbonyl (C=O) groups is 3. The van der Waals surface area contributed by atoms with Gasteiger partial charge in [0.05, 0.1) is 37.4 Å². The molecule has 1 aliphatic heterocycles. The molecule has 1 atom stereocenters. The highest BCUT2D eigenvalue weighted by molar-refractivity contribution is 5.99. The molecule has 1 aromatic heterocycles. The molecule has 3 aromatic rings. The fourth-order valence-electron chi connectivity index (χ4n) is 3.50. The maximum atomic E-state index is 12.8. The first-order valence-corrected chi connectivity index (χ1v) is 8.90. The van der Waals surface area contributed by atoms with Crippen molar-refractivity contribution in [3.63, 3.8) is 0 Å². The summed E-state index contributed by atoms with van der Waals surface area (Å²) >= 11 is 0. The molecule has 0 bridgehead atoms. The van der Waals surface area contributed by atoms with Gasteiger partial charge in [0.2, 0.25) is 0 Å². The van der Waals surface area contributed by atoms with Crippen molar-refractivity contribution in [1.82, 2.24) is 9.63 Å². The molecule has 8 heteroatoms. The van der Waals surface area contributed by atoms with E-state index in [1.807, 2.05) is 6.07 Å². The second-order valence-electron chi connectivity index (χ2n) is 6.47. The molecule has 2 aromatic carbocycles. The molecule has 4 rings (SSSR count). The molecular formula is C21H18N2O6. The summed E-state index contributed by atoms with van der Waals surface area (Å²) in [6.07, 6.45) is -0.0886. The van der Waals surface area contributed by atoms with Gasteiger partial charge >= 0.3 is 18.0 Å². The van der Waals surface area contributed by atoms with Crippen molar-refractivity contribution in [3.05, 3.63) is 65.9 Å². The quantitative estimate of drug-likeness (QED) is 0.487. The minimum Gasteiger partial charge on any atom is -0.465 e. The Morgan fingerprint density at radius 1 is 1.03 bits per heavy atom. The van der Waals surface area contributed by atoms with E-state index < -0.39 is 24.0 Å². The highest BCUT2D eigenvalue weighted by Crippen LogP contribution is 2.37. The highest BCUT2D eigenvalue weighted by Gasteiger charge is 2.40. The SMILES string of the molecule is COC(=O)c1ccc2c(c1)cc1n2C(=O)N(OC)C1CC(=O)Oc1ccccc1. The Morgan fingerprint density at radius 2 is 1.79 bits per heavy atom. The summed E-state index contributed by atoms with van der Waals surface area (Å²) in [5, 5.41) is 1.84. The van der Waals surface area contributed by atoms with E-state index >= 15 is 0 Å². The van der Waals surface area contributed by atoms with Crippen LogP contribution < -0.4 is 4.74 Å². The zero-order chi connectivity index (χ0) is 20.5. The summed E-state index contributed by atoms with van der Waals surface area (Å²) in [5.41, 5.74) is 1.57. The molecule has 29 heavy (non-hydrogen) atoms. The number of methoxy groups -OCH3 is 1. The number of benzene rings is 2. The fourth-order valence-corrected chi connectivity index (χ4v) is 3.50. The molecule has 1 aliphatic rings. The van der Waals surface area contributed by atoms with Gasteiger partial charge in [-0.25, -0.2) is 9.59 Å². The topological polar surface area (TPSA) is 87.1 Å². The molecule has 2 heterocycles. The van der Waals surface area contributed by atoms with Crippen LogP contribution in [-0.4, -0.2) is 41.8 Å². The van der Waals surface area contributed by atoms with Gasteiger partial charge in [0.25, 0.3) is 0 Å². The molecule has 0 radical (unpaired) electrons. The number of hydroxylamine groups is 2. The number of amides is 1. The number of para-hydroxylation sites is 1. The van der Waals surface area contributed by atoms with E-state index in [0.717, 1.165) is 5.06 Å². The molecule has 0 spiro atoms. The highest BCUT2D eigenvalue weighted by atomic mass is 16.7. The van der Waals surface area contributed by atoms with Gasteiger partial charge in [0.1, 0.15) is 11.8 Å². The summed E-state index contributed by atoms with van der Waals surface area (Å²) in [4.78, 5) is 42.3. The van der Waals surface area contributed by atoms with Crippen molar-refractivity contribution in [3.8, 4) is 5.75 Å². The summed E-state index contributed by atoms with van der Waals surface area (Å²) in [7, 11) is 2.68. The Morgan fingerprint density at radius 3 is 2.48 bits per heavy atom. The van der Waals surface area contributed by atoms with Gasteiger partial charge in [-0.15, -0.1) is 0 Å². The van der Waals surface area contributed by atoms with Gasteiger partial charge in [-0.2, -0.15) is 5.06 Å². The zero-order valence-electron chi connectivity index (χ0n) is 15.8. The van der Waals surface area contributed by atoms with E-state index in [1.165, 1.54) is 18.8 Å². The van der Waals surface area contributed by atoms with Crippen LogP contribution in [0.4, 0.5) is 4.79 Å². The van der Waals surface area contributed by atoms with E-state index in [0.29, 0.717) is 27.9 Å². The van der Waals surface area contributed by atoms with Crippen LogP contribution in [0, 0.1) is 0 Å². The van der Waals surface area contributed by atoms with Crippen molar-refractivity contribution < 1.29 is 28.7 Å². The van der Waals surface area contributed by atoms with Crippen LogP contribution in [-0.2, 0) is 14.4 Å². The first-order valence-electron chi connectivity index (χ1n) is 8.90. The summed E-state index contributed by atoms with van der Waals surface area (Å²) < 4.78 is 11.6. The second kappa shape index (κ2) is 7.40. The number of esters is 2. The van der Waals surface area contributed by atoms with Crippen molar-refractivity contribution in [2.45, 2.75) is 12.5 Å². The Balaban J connectivity index is 1.67. The summed E-state index contributed by atoms with van der Waals surface area (Å²) in [6, 6.07) is 14.3. The van der Waals surface area contributed by atoms with Crippen LogP contribution in [0.5, 0.6) is 5.75 Å². The number of fused-ring (bicyclic) bond motifs is 3. The zero-order valence-corrected chi connectivity index (χ0v) is 15.8. The van der Waals surface area contributed by atoms with Gasteiger partial charge in [-0.05, 0) is 36.4 Å². The maximum absolute atomic E-state index is 12.8. The standard InChI is InChI=1S/C21H18N2O6/c1-27-20(25)13-8-9-16-14(10-13)11-17-18(23(28-2)21(26)22(16)17)12-19(24)29-15-6-4-3-5-7-15/h3-11,18H,12H2,1-2H3. The lowest BCUT2D eigenvalue weighted by molar-refractivity contribution is -0.143. The molecule has 0 saturated heterocycles. The van der Waals surface area contributed by atoms with Crippen LogP contribution >= 0.6 is 0 Å². The molecule has 8 nitrogen and oxygen atoms in total. The van der Waals surface area contributed by atoms with Gasteiger partial charge in [0.15, 0.2) is 0 Å². The third kappa shape index (κ3) is 3.23. The van der Waals surface area contributed by atoms with E-state index in [-0.39, 0.29) is 6.42 Å². The first kappa shape index (κ1) is 18.7. The van der Waals surface area contributed by atoms with E-state index in [1.54, 1.807) is 48.5 Å². The van der Waals surface area contributed by atoms with Crippen LogP contribution in [0.25, 0.3) is 10.9 Å². The Labute approximate surface area is 166 Å². The minimum atomic E-state index is -0.655. The van der Waals surface area contributed by atoms with Crippen molar-refractivity contribution >= 4 is 28.9 Å². The Hall–Kier alpha value is -3.65. The number of aromatic nitrogens is 1. The lowest BCUT2D eigenvalue weighted by atomic mass is 10.1. The largest absolute Gasteiger partial charge is 0.465 e. The number of hydrogen-bond acceptors (Lipinski definition) is 6. The average Bonchev–Trinajstić information content (AvgIpc) is 3.22. The van der Waals surface area contributed by atoms with Crippen LogP contribution in [0.3, 0.4) is 0 Å². The minimum absolute atomic E-state index is 0.0886. The van der Waals surface area contributed by atoms with Crippen LogP contribution in [0.1, 0.15) is 28.5 Å². The lowest BCUT2D eigenvalue weighted by Crippen LogP contribution is -2.30. The van der Waals surface area contributed by atoms with E-state index in [9.17, 15) is 14.4 Å². The number of carbonyl (C=O) groups excluding carboxylic acids is 3. The Kier molecular flexibility index (Phi) is 4.77. The smallest absolute Gasteiger partial charge is 0.353 e. The predicted octanol–water partition coefficient (Wildman–Crippen LogP) is 3.31. The monoisotopic (exact) mass is 394 g/mol. The third-order valence-electron chi connectivity index (χ3n) is 4.79. The number of ether oxygens (including phenoxy) is 2. The molecule has 1 unspecified atom stereocenters. The second-order valence-corrected chi connectivity index (χ2v) is 6.47. The summed E-state index contributed by atoms with van der Waals surface area (Å²) in [5.74, 6) is -0.537. The normalized spacial score (nSPS) is 15.4. The van der Waals surface area contributed by atoms with Gasteiger partial charge in [0, 0.05) is 5.39 Å². The van der Waals surface area contributed by atoms with Crippen molar-refractivity contribution in [2.75, 3.05) is 14.2 Å². The van der Waals surface area contributed by atoms with E-state index in [4.69, 9.17) is 14.3 Å². The van der Waals surface area contributed by atoms with Crippen LogP contribution in [0.15, 0.2) is 54.6 Å². The molecule has 148 valence electrons. The molecule has 0 fully saturated rings. The number of rotatable bonds is 5. The van der Waals surface area contributed by atoms with E-state index in [2.05, 4.69) is 0 Å². The number of nitrogens with zero attached hydrogens (tertiary/aromatic N) is 2. The molecular weight excluding hydrogens is 376 g/mol. The first-order chi connectivity index (χ1) is 14.0. The van der Waals surface area contributed by atoms with Gasteiger partial charge < -0.3 is 9.47 Å². The molecule has 0 aliphatic carbocycles. The maximum Gasteiger partial charge on any atom is 0.353 e. The van der Waals surface area contributed by atoms with Gasteiger partial charge in [-0.3, -0.25) is 14.2 Å². The predicted molar refractivity (Wildman–Crippen MR) is 102 cm³/mol. The third-order valence-corrected chi connectivity index (χ3v) is 4.79. The van der Waals surface area contributed by atoms with Crippen LogP contribution in [0.2, 0.25) is 0 Å². The van der Waals surface area contributed by atoms with Crippen molar-refractivity contribution in [1.29, 1.82) is 0 Å². The molecule has 1 amide bonds. The number of hydrogen-bond donors (Lipinski definition) is 0. The summed E-state index contributed by atoms with van der Waals surface area (Å²) in [6.45, 7) is 0. The lowest BCUT2D eigenvalue weighted by Gasteiger charge is -2.20. The molecule has 0 N–H and O–H groups in total. The Bertz CT molecular complexity index is 1110. The average molecular weight is 394 g/mol.